The Bertz CT molecular complexity index is 1360. The summed E-state index contributed by atoms with van der Waals surface area (Å²) in [5.74, 6) is -4.74. The van der Waals surface area contributed by atoms with Gasteiger partial charge in [-0.15, -0.1) is 0 Å². The van der Waals surface area contributed by atoms with Crippen molar-refractivity contribution in [1.29, 1.82) is 0 Å². The highest BCUT2D eigenvalue weighted by atomic mass is 19.4. The molecule has 2 aliphatic heterocycles. The van der Waals surface area contributed by atoms with Crippen LogP contribution in [0.15, 0.2) is 24.0 Å². The first-order valence-electron chi connectivity index (χ1n) is 13.2. The van der Waals surface area contributed by atoms with E-state index in [9.17, 15) is 42.9 Å². The number of alkyl halides is 3. The van der Waals surface area contributed by atoms with Gasteiger partial charge < -0.3 is 44.9 Å². The first-order chi connectivity index (χ1) is 20.0. The predicted octanol–water partition coefficient (Wildman–Crippen LogP) is 0.490. The molecule has 0 saturated carbocycles. The zero-order chi connectivity index (χ0) is 32.1. The lowest BCUT2D eigenvalue weighted by molar-refractivity contribution is -0.192. The molecule has 16 heteroatoms. The van der Waals surface area contributed by atoms with Crippen LogP contribution >= 0.6 is 0 Å². The summed E-state index contributed by atoms with van der Waals surface area (Å²) in [4.78, 5) is 47.2. The summed E-state index contributed by atoms with van der Waals surface area (Å²) in [6.45, 7) is 1.90. The van der Waals surface area contributed by atoms with Gasteiger partial charge in [-0.2, -0.15) is 13.2 Å². The Kier molecular flexibility index (Phi) is 8.43. The number of hydrogen-bond donors (Lipinski definition) is 5. The lowest BCUT2D eigenvalue weighted by atomic mass is 9.50. The second kappa shape index (κ2) is 11.3. The molecular formula is C27H31F3N2O11. The van der Waals surface area contributed by atoms with E-state index < -0.39 is 65.7 Å². The average Bonchev–Trinajstić information content (AvgIpc) is 3.27. The molecule has 5 N–H and O–H groups in total. The van der Waals surface area contributed by atoms with Crippen molar-refractivity contribution in [3.8, 4) is 11.5 Å². The Balaban J connectivity index is 0.000000541. The van der Waals surface area contributed by atoms with Crippen LogP contribution in [0.5, 0.6) is 11.5 Å². The van der Waals surface area contributed by atoms with Gasteiger partial charge in [0.05, 0.1) is 24.5 Å². The van der Waals surface area contributed by atoms with Crippen molar-refractivity contribution in [2.75, 3.05) is 20.7 Å². The molecule has 0 unspecified atom stereocenters. The maximum Gasteiger partial charge on any atom is 0.490 e. The standard InChI is InChI=1S/C25H30N2O9.C2HF3O2/c1-12(28)22(30)26-14(23(31)32)11-18(29)35-16-6-7-25(33)17-10-13-4-5-15(34-3)20-19(13)24(25,21(16)36-20)8-9-27(17)2;3-2(4,5)1(6)7/h4-6,12,14,17,21,28,33H,7-11H2,1-3H3,(H,26,30)(H,31,32);(H,6,7)/t12-,14-,17+,21-,24-,25+;/m0./s1. The molecule has 236 valence electrons. The lowest BCUT2D eigenvalue weighted by Gasteiger charge is -2.61. The summed E-state index contributed by atoms with van der Waals surface area (Å²) >= 11 is 0. The first-order valence-corrected chi connectivity index (χ1v) is 13.2. The summed E-state index contributed by atoms with van der Waals surface area (Å²) in [6.07, 6.45) is -4.91. The number of aliphatic hydroxyl groups is 2. The van der Waals surface area contributed by atoms with E-state index in [1.54, 1.807) is 6.08 Å². The van der Waals surface area contributed by atoms with Gasteiger partial charge in [-0.05, 0) is 51.1 Å². The molecule has 1 spiro atoms. The van der Waals surface area contributed by atoms with Gasteiger partial charge >= 0.3 is 24.1 Å². The lowest BCUT2D eigenvalue weighted by Crippen LogP contribution is -2.74. The fourth-order valence-corrected chi connectivity index (χ4v) is 6.42. The number of carboxylic acids is 2. The van der Waals surface area contributed by atoms with Gasteiger partial charge in [-0.25, -0.2) is 9.59 Å². The molecule has 13 nitrogen and oxygen atoms in total. The van der Waals surface area contributed by atoms with Crippen molar-refractivity contribution in [2.24, 2.45) is 0 Å². The Morgan fingerprint density at radius 1 is 1.23 bits per heavy atom. The number of esters is 1. The number of amides is 1. The van der Waals surface area contributed by atoms with Crippen molar-refractivity contribution >= 4 is 23.8 Å². The zero-order valence-electron chi connectivity index (χ0n) is 23.3. The van der Waals surface area contributed by atoms with Gasteiger partial charge in [-0.1, -0.05) is 6.07 Å². The molecule has 1 saturated heterocycles. The van der Waals surface area contributed by atoms with E-state index in [2.05, 4.69) is 10.2 Å². The number of benzene rings is 1. The number of ether oxygens (including phenoxy) is 3. The third-order valence-electron chi connectivity index (χ3n) is 8.40. The fourth-order valence-electron chi connectivity index (χ4n) is 6.42. The van der Waals surface area contributed by atoms with Crippen molar-refractivity contribution in [2.45, 2.75) is 74.1 Å². The maximum absolute atomic E-state index is 12.8. The number of carbonyl (C=O) groups is 4. The van der Waals surface area contributed by atoms with Crippen LogP contribution in [0.2, 0.25) is 0 Å². The number of aliphatic carboxylic acids is 2. The SMILES string of the molecule is COc1ccc2c3c1O[C@H]1C(OC(=O)C[C@H](NC(=O)[C@H](C)O)C(=O)O)=CC[C@@]4(O)[C@@H](C2)N(C)CC[C@]314.O=C(O)C(F)(F)F. The quantitative estimate of drug-likeness (QED) is 0.267. The second-order valence-corrected chi connectivity index (χ2v) is 10.8. The number of rotatable bonds is 7. The van der Waals surface area contributed by atoms with Crippen LogP contribution in [0, 0.1) is 0 Å². The number of hydrogen-bond acceptors (Lipinski definition) is 10. The summed E-state index contributed by atoms with van der Waals surface area (Å²) in [5.41, 5.74) is -0.0968. The van der Waals surface area contributed by atoms with Gasteiger partial charge in [0.25, 0.3) is 0 Å². The van der Waals surface area contributed by atoms with Gasteiger partial charge in [0, 0.05) is 18.0 Å². The molecule has 6 atom stereocenters. The van der Waals surface area contributed by atoms with Crippen LogP contribution in [0.3, 0.4) is 0 Å². The summed E-state index contributed by atoms with van der Waals surface area (Å²) in [7, 11) is 3.53. The largest absolute Gasteiger partial charge is 0.493 e. The number of likely N-dealkylation sites (tertiary alicyclic amines) is 1. The zero-order valence-corrected chi connectivity index (χ0v) is 23.3. The van der Waals surface area contributed by atoms with Crippen molar-refractivity contribution in [1.82, 2.24) is 10.2 Å². The number of methoxy groups -OCH3 is 1. The number of halogens is 3. The molecule has 1 aromatic rings. The third kappa shape index (κ3) is 5.38. The van der Waals surface area contributed by atoms with E-state index in [0.29, 0.717) is 30.9 Å². The Hall–Kier alpha value is -3.89. The molecule has 1 aromatic carbocycles. The fraction of sp³-hybridized carbons (Fsp3) is 0.556. The molecule has 2 aliphatic carbocycles. The van der Waals surface area contributed by atoms with Gasteiger partial charge in [0.1, 0.15) is 17.9 Å². The number of piperidine rings is 1. The molecule has 2 bridgehead atoms. The number of aliphatic hydroxyl groups excluding tert-OH is 1. The molecule has 43 heavy (non-hydrogen) atoms. The van der Waals surface area contributed by atoms with Crippen LogP contribution in [0.25, 0.3) is 0 Å². The number of carboxylic acid groups (broad SMARTS) is 2. The average molecular weight is 617 g/mol. The highest BCUT2D eigenvalue weighted by Gasteiger charge is 2.72. The molecule has 1 fully saturated rings. The number of carbonyl (C=O) groups excluding carboxylic acids is 2. The molecular weight excluding hydrogens is 585 g/mol. The van der Waals surface area contributed by atoms with E-state index in [4.69, 9.17) is 24.1 Å². The second-order valence-electron chi connectivity index (χ2n) is 10.8. The normalized spacial score (nSPS) is 28.0. The number of nitrogens with zero attached hydrogens (tertiary/aromatic N) is 1. The summed E-state index contributed by atoms with van der Waals surface area (Å²) in [6, 6.07) is 2.09. The van der Waals surface area contributed by atoms with E-state index in [1.165, 1.54) is 14.0 Å². The minimum atomic E-state index is -5.08. The first kappa shape index (κ1) is 32.0. The van der Waals surface area contributed by atoms with Crippen molar-refractivity contribution < 1.29 is 67.0 Å². The van der Waals surface area contributed by atoms with Crippen molar-refractivity contribution in [3.05, 3.63) is 35.1 Å². The molecule has 5 rings (SSSR count). The van der Waals surface area contributed by atoms with Crippen molar-refractivity contribution in [3.63, 3.8) is 0 Å². The van der Waals surface area contributed by atoms with Gasteiger partial charge in [0.15, 0.2) is 17.6 Å². The number of likely N-dealkylation sites (N-methyl/N-ethyl adjacent to an activating group) is 1. The van der Waals surface area contributed by atoms with E-state index in [-0.39, 0.29) is 18.2 Å². The molecule has 2 heterocycles. The summed E-state index contributed by atoms with van der Waals surface area (Å²) < 4.78 is 49.3. The maximum atomic E-state index is 12.8. The molecule has 0 aromatic heterocycles. The molecule has 0 radical (unpaired) electrons. The highest BCUT2D eigenvalue weighted by Crippen LogP contribution is 2.65. The summed E-state index contributed by atoms with van der Waals surface area (Å²) in [5, 5.41) is 40.2. The minimum Gasteiger partial charge on any atom is -0.493 e. The third-order valence-corrected chi connectivity index (χ3v) is 8.40. The van der Waals surface area contributed by atoms with Gasteiger partial charge in [-0.3, -0.25) is 9.59 Å². The Labute approximate surface area is 242 Å². The smallest absolute Gasteiger partial charge is 0.490 e. The Morgan fingerprint density at radius 3 is 2.44 bits per heavy atom. The molecule has 4 aliphatic rings. The highest BCUT2D eigenvalue weighted by molar-refractivity contribution is 5.89. The van der Waals surface area contributed by atoms with Crippen LogP contribution in [0.1, 0.15) is 37.3 Å². The van der Waals surface area contributed by atoms with Gasteiger partial charge in [0.2, 0.25) is 5.91 Å². The Morgan fingerprint density at radius 2 is 1.88 bits per heavy atom. The monoisotopic (exact) mass is 616 g/mol. The number of nitrogens with one attached hydrogen (secondary N) is 1. The van der Waals surface area contributed by atoms with Crippen LogP contribution in [-0.4, -0.2) is 106 Å². The van der Waals surface area contributed by atoms with E-state index >= 15 is 0 Å². The van der Waals surface area contributed by atoms with E-state index in [0.717, 1.165) is 11.1 Å². The topological polar surface area (TPSA) is 192 Å². The van der Waals surface area contributed by atoms with E-state index in [1.807, 2.05) is 19.2 Å². The van der Waals surface area contributed by atoms with Crippen LogP contribution in [0.4, 0.5) is 13.2 Å². The van der Waals surface area contributed by atoms with Crippen LogP contribution < -0.4 is 14.8 Å². The minimum absolute atomic E-state index is 0.162. The predicted molar refractivity (Wildman–Crippen MR) is 137 cm³/mol. The molecule has 1 amide bonds. The van der Waals surface area contributed by atoms with Crippen LogP contribution in [-0.2, 0) is 35.8 Å².